The topological polar surface area (TPSA) is 113 Å². The molecular formula is C26H38N4O6. The van der Waals surface area contributed by atoms with Crippen molar-refractivity contribution in [3.63, 3.8) is 0 Å². The van der Waals surface area contributed by atoms with E-state index in [1.807, 2.05) is 62.7 Å². The molecule has 0 saturated heterocycles. The van der Waals surface area contributed by atoms with Gasteiger partial charge in [-0.1, -0.05) is 30.3 Å². The summed E-state index contributed by atoms with van der Waals surface area (Å²) in [7, 11) is 0. The van der Waals surface area contributed by atoms with Gasteiger partial charge in [0.15, 0.2) is 0 Å². The number of carbonyl (C=O) groups excluding carboxylic acids is 2. The van der Waals surface area contributed by atoms with Crippen LogP contribution < -0.4 is 15.4 Å². The molecule has 1 saturated carbocycles. The Morgan fingerprint density at radius 3 is 2.44 bits per heavy atom. The van der Waals surface area contributed by atoms with Gasteiger partial charge in [-0.25, -0.2) is 9.59 Å². The molecule has 0 bridgehead atoms. The zero-order chi connectivity index (χ0) is 26.0. The quantitative estimate of drug-likeness (QED) is 0.437. The van der Waals surface area contributed by atoms with Gasteiger partial charge in [0.1, 0.15) is 24.5 Å². The van der Waals surface area contributed by atoms with Crippen molar-refractivity contribution in [2.75, 3.05) is 25.1 Å². The van der Waals surface area contributed by atoms with Crippen molar-refractivity contribution in [3.8, 4) is 5.88 Å². The second-order valence-corrected chi connectivity index (χ2v) is 9.71. The van der Waals surface area contributed by atoms with E-state index in [1.54, 1.807) is 6.20 Å². The van der Waals surface area contributed by atoms with E-state index in [0.717, 1.165) is 31.2 Å². The molecule has 3 rings (SSSR count). The molecule has 0 unspecified atom stereocenters. The van der Waals surface area contributed by atoms with E-state index in [2.05, 4.69) is 15.7 Å². The van der Waals surface area contributed by atoms with Crippen LogP contribution in [-0.4, -0.2) is 53.4 Å². The molecule has 0 atom stereocenters. The molecule has 0 aliphatic heterocycles. The molecule has 1 aromatic carbocycles. The highest BCUT2D eigenvalue weighted by atomic mass is 16.6. The van der Waals surface area contributed by atoms with Gasteiger partial charge in [0, 0.05) is 12.6 Å². The second kappa shape index (κ2) is 13.2. The third kappa shape index (κ3) is 9.07. The van der Waals surface area contributed by atoms with Crippen LogP contribution in [0.5, 0.6) is 5.88 Å². The minimum absolute atomic E-state index is 0.0548. The van der Waals surface area contributed by atoms with Gasteiger partial charge in [0.25, 0.3) is 5.88 Å². The van der Waals surface area contributed by atoms with Gasteiger partial charge in [-0.3, -0.25) is 10.00 Å². The van der Waals surface area contributed by atoms with Crippen LogP contribution in [0.3, 0.4) is 0 Å². The van der Waals surface area contributed by atoms with Crippen LogP contribution in [0, 0.1) is 0 Å². The standard InChI is InChI=1S/C26H38N4O6/c1-5-33-15-16-34-23-22(28-24(31)35-18-19-9-7-6-8-10-19)17-30(29-23)21-13-11-20(12-14-21)27-25(32)36-26(2,3)4/h6-10,17,20-21H,5,11-16,18H2,1-4H3,(H,27,32)(H,28,31). The van der Waals surface area contributed by atoms with Gasteiger partial charge in [0.05, 0.1) is 18.8 Å². The molecule has 1 heterocycles. The zero-order valence-electron chi connectivity index (χ0n) is 21.6. The molecule has 10 nitrogen and oxygen atoms in total. The first kappa shape index (κ1) is 27.3. The van der Waals surface area contributed by atoms with Crippen LogP contribution in [0.15, 0.2) is 36.5 Å². The summed E-state index contributed by atoms with van der Waals surface area (Å²) in [6, 6.07) is 9.64. The Kier molecular flexibility index (Phi) is 9.98. The van der Waals surface area contributed by atoms with Crippen LogP contribution in [-0.2, 0) is 20.8 Å². The van der Waals surface area contributed by atoms with E-state index in [-0.39, 0.29) is 18.7 Å². The second-order valence-electron chi connectivity index (χ2n) is 9.71. The molecule has 1 fully saturated rings. The molecule has 10 heteroatoms. The Morgan fingerprint density at radius 1 is 1.06 bits per heavy atom. The van der Waals surface area contributed by atoms with Crippen molar-refractivity contribution in [3.05, 3.63) is 42.1 Å². The fourth-order valence-electron chi connectivity index (χ4n) is 3.92. The number of aromatic nitrogens is 2. The predicted molar refractivity (Wildman–Crippen MR) is 135 cm³/mol. The van der Waals surface area contributed by atoms with Crippen molar-refractivity contribution in [1.29, 1.82) is 0 Å². The summed E-state index contributed by atoms with van der Waals surface area (Å²) in [5.74, 6) is 0.320. The Labute approximate surface area is 212 Å². The average Bonchev–Trinajstić information content (AvgIpc) is 3.23. The van der Waals surface area contributed by atoms with Gasteiger partial charge >= 0.3 is 12.2 Å². The summed E-state index contributed by atoms with van der Waals surface area (Å²) in [4.78, 5) is 24.5. The molecule has 198 valence electrons. The highest BCUT2D eigenvalue weighted by molar-refractivity contribution is 5.86. The number of rotatable bonds is 10. The molecule has 1 aromatic heterocycles. The average molecular weight is 503 g/mol. The highest BCUT2D eigenvalue weighted by Gasteiger charge is 2.27. The van der Waals surface area contributed by atoms with Crippen LogP contribution >= 0.6 is 0 Å². The maximum atomic E-state index is 12.4. The maximum absolute atomic E-state index is 12.4. The summed E-state index contributed by atoms with van der Waals surface area (Å²) in [6.45, 7) is 8.94. The van der Waals surface area contributed by atoms with Gasteiger partial charge in [-0.2, -0.15) is 0 Å². The van der Waals surface area contributed by atoms with Crippen molar-refractivity contribution in [2.24, 2.45) is 0 Å². The summed E-state index contributed by atoms with van der Waals surface area (Å²) >= 11 is 0. The molecular weight excluding hydrogens is 464 g/mol. The fraction of sp³-hybridized carbons (Fsp3) is 0.577. The van der Waals surface area contributed by atoms with Gasteiger partial charge in [-0.15, -0.1) is 5.10 Å². The van der Waals surface area contributed by atoms with Crippen LogP contribution in [0.25, 0.3) is 0 Å². The summed E-state index contributed by atoms with van der Waals surface area (Å²) < 4.78 is 23.7. The maximum Gasteiger partial charge on any atom is 0.412 e. The minimum atomic E-state index is -0.585. The Balaban J connectivity index is 1.58. The van der Waals surface area contributed by atoms with Crippen LogP contribution in [0.4, 0.5) is 15.3 Å². The number of carbonyl (C=O) groups is 2. The van der Waals surface area contributed by atoms with Gasteiger partial charge in [0.2, 0.25) is 0 Å². The van der Waals surface area contributed by atoms with E-state index in [1.165, 1.54) is 0 Å². The molecule has 0 spiro atoms. The summed E-state index contributed by atoms with van der Waals surface area (Å²) in [5.41, 5.74) is 0.812. The normalized spacial score (nSPS) is 17.8. The number of ether oxygens (including phenoxy) is 4. The number of nitrogens with zero attached hydrogens (tertiary/aromatic N) is 2. The number of hydrogen-bond acceptors (Lipinski definition) is 7. The lowest BCUT2D eigenvalue weighted by atomic mass is 9.91. The third-order valence-corrected chi connectivity index (χ3v) is 5.61. The lowest BCUT2D eigenvalue weighted by Gasteiger charge is -2.30. The molecule has 0 radical (unpaired) electrons. The SMILES string of the molecule is CCOCCOc1nn(C2CCC(NC(=O)OC(C)(C)C)CC2)cc1NC(=O)OCc1ccccc1. The molecule has 2 amide bonds. The van der Waals surface area contributed by atoms with E-state index in [9.17, 15) is 9.59 Å². The van der Waals surface area contributed by atoms with Crippen molar-refractivity contribution in [1.82, 2.24) is 15.1 Å². The van der Waals surface area contributed by atoms with Gasteiger partial charge in [-0.05, 0) is 58.9 Å². The predicted octanol–water partition coefficient (Wildman–Crippen LogP) is 5.06. The van der Waals surface area contributed by atoms with E-state index in [0.29, 0.717) is 31.4 Å². The summed E-state index contributed by atoms with van der Waals surface area (Å²) in [6.07, 6.45) is 4.02. The van der Waals surface area contributed by atoms with Crippen LogP contribution in [0.1, 0.15) is 65.0 Å². The number of benzene rings is 1. The van der Waals surface area contributed by atoms with E-state index in [4.69, 9.17) is 18.9 Å². The van der Waals surface area contributed by atoms with Gasteiger partial charge < -0.3 is 24.3 Å². The Morgan fingerprint density at radius 2 is 1.78 bits per heavy atom. The highest BCUT2D eigenvalue weighted by Crippen LogP contribution is 2.32. The molecule has 1 aliphatic carbocycles. The monoisotopic (exact) mass is 502 g/mol. The number of anilines is 1. The number of nitrogens with one attached hydrogen (secondary N) is 2. The molecule has 2 aromatic rings. The lowest BCUT2D eigenvalue weighted by molar-refractivity contribution is 0.0487. The van der Waals surface area contributed by atoms with Crippen molar-refractivity contribution < 1.29 is 28.5 Å². The Bertz CT molecular complexity index is 965. The minimum Gasteiger partial charge on any atom is -0.473 e. The first-order valence-corrected chi connectivity index (χ1v) is 12.5. The first-order valence-electron chi connectivity index (χ1n) is 12.5. The number of alkyl carbamates (subject to hydrolysis) is 1. The smallest absolute Gasteiger partial charge is 0.412 e. The van der Waals surface area contributed by atoms with E-state index < -0.39 is 17.8 Å². The number of amides is 2. The molecule has 2 N–H and O–H groups in total. The largest absolute Gasteiger partial charge is 0.473 e. The molecule has 1 aliphatic rings. The number of hydrogen-bond donors (Lipinski definition) is 2. The summed E-state index contributed by atoms with van der Waals surface area (Å²) in [5, 5.41) is 10.3. The van der Waals surface area contributed by atoms with E-state index >= 15 is 0 Å². The third-order valence-electron chi connectivity index (χ3n) is 5.61. The molecule has 36 heavy (non-hydrogen) atoms. The zero-order valence-corrected chi connectivity index (χ0v) is 21.6. The van der Waals surface area contributed by atoms with Crippen molar-refractivity contribution in [2.45, 2.75) is 77.7 Å². The lowest BCUT2D eigenvalue weighted by Crippen LogP contribution is -2.41. The van der Waals surface area contributed by atoms with Crippen molar-refractivity contribution >= 4 is 17.9 Å². The van der Waals surface area contributed by atoms with Crippen LogP contribution in [0.2, 0.25) is 0 Å². The fourth-order valence-corrected chi connectivity index (χ4v) is 3.92. The first-order chi connectivity index (χ1) is 17.2. The Hall–Kier alpha value is -3.27.